The van der Waals surface area contributed by atoms with Crippen LogP contribution >= 0.6 is 0 Å². The van der Waals surface area contributed by atoms with Crippen molar-refractivity contribution in [2.45, 2.75) is 33.1 Å². The quantitative estimate of drug-likeness (QED) is 0.498. The Morgan fingerprint density at radius 2 is 2.08 bits per heavy atom. The molecule has 0 heterocycles. The van der Waals surface area contributed by atoms with Crippen LogP contribution < -0.4 is 5.32 Å². The van der Waals surface area contributed by atoms with E-state index in [4.69, 9.17) is 11.7 Å². The molecule has 0 aliphatic carbocycles. The lowest BCUT2D eigenvalue weighted by molar-refractivity contribution is 0.427. The largest absolute Gasteiger partial charge is 0.316 e. The van der Waals surface area contributed by atoms with E-state index in [1.54, 1.807) is 0 Å². The average Bonchev–Trinajstić information content (AvgIpc) is 2.11. The van der Waals surface area contributed by atoms with E-state index in [1.165, 1.54) is 0 Å². The Bertz CT molecular complexity index is 205. The third-order valence-electron chi connectivity index (χ3n) is 1.90. The van der Waals surface area contributed by atoms with Crippen LogP contribution in [-0.4, -0.2) is 13.1 Å². The molecule has 2 nitrogen and oxygen atoms in total. The van der Waals surface area contributed by atoms with Crippen LogP contribution in [0.3, 0.4) is 0 Å². The highest BCUT2D eigenvalue weighted by Crippen LogP contribution is 2.19. The van der Waals surface area contributed by atoms with Crippen molar-refractivity contribution in [2.24, 2.45) is 5.41 Å². The number of nitrogens with one attached hydrogen (secondary N) is 1. The Balaban J connectivity index is 3.28. The van der Waals surface area contributed by atoms with Crippen molar-refractivity contribution >= 4 is 0 Å². The van der Waals surface area contributed by atoms with Crippen molar-refractivity contribution in [3.63, 3.8) is 0 Å². The van der Waals surface area contributed by atoms with Crippen LogP contribution in [0.25, 0.3) is 0 Å². The maximum atomic E-state index is 8.74. The molecule has 0 rings (SSSR count). The summed E-state index contributed by atoms with van der Waals surface area (Å²) in [5, 5.41) is 12.0. The fourth-order valence-electron chi connectivity index (χ4n) is 0.997. The number of hydrogen-bond acceptors (Lipinski definition) is 2. The second-order valence-corrected chi connectivity index (χ2v) is 3.80. The minimum atomic E-state index is -0.187. The van der Waals surface area contributed by atoms with Gasteiger partial charge in [-0.3, -0.25) is 0 Å². The minimum Gasteiger partial charge on any atom is -0.316 e. The summed E-state index contributed by atoms with van der Waals surface area (Å²) in [6.07, 6.45) is 7.85. The van der Waals surface area contributed by atoms with Crippen molar-refractivity contribution in [3.05, 3.63) is 0 Å². The molecule has 0 atom stereocenters. The summed E-state index contributed by atoms with van der Waals surface area (Å²) in [5.74, 6) is 2.57. The van der Waals surface area contributed by atoms with Crippen LogP contribution in [0.15, 0.2) is 0 Å². The number of nitrogens with zero attached hydrogens (tertiary/aromatic N) is 1. The van der Waals surface area contributed by atoms with E-state index in [-0.39, 0.29) is 5.41 Å². The maximum Gasteiger partial charge on any atom is 0.0683 e. The number of rotatable bonds is 6. The minimum absolute atomic E-state index is 0.187. The zero-order valence-corrected chi connectivity index (χ0v) is 8.56. The molecule has 2 heteroatoms. The zero-order chi connectivity index (χ0) is 10.2. The van der Waals surface area contributed by atoms with Crippen LogP contribution in [0.5, 0.6) is 0 Å². The third kappa shape index (κ3) is 7.37. The van der Waals surface area contributed by atoms with Crippen LogP contribution in [0.2, 0.25) is 0 Å². The zero-order valence-electron chi connectivity index (χ0n) is 8.56. The number of hydrogen-bond donors (Lipinski definition) is 1. The third-order valence-corrected chi connectivity index (χ3v) is 1.90. The molecule has 0 fully saturated rings. The Morgan fingerprint density at radius 1 is 1.38 bits per heavy atom. The molecular formula is C11H18N2. The lowest BCUT2D eigenvalue weighted by Crippen LogP contribution is -2.18. The molecule has 0 spiro atoms. The number of nitriles is 1. The Morgan fingerprint density at radius 3 is 2.62 bits per heavy atom. The summed E-state index contributed by atoms with van der Waals surface area (Å²) in [6.45, 7) is 5.76. The first-order valence-corrected chi connectivity index (χ1v) is 4.68. The van der Waals surface area contributed by atoms with Crippen molar-refractivity contribution in [3.8, 4) is 18.4 Å². The summed E-state index contributed by atoms with van der Waals surface area (Å²) in [7, 11) is 0. The van der Waals surface area contributed by atoms with Gasteiger partial charge in [-0.05, 0) is 33.2 Å². The molecule has 0 aromatic rings. The van der Waals surface area contributed by atoms with E-state index in [9.17, 15) is 0 Å². The van der Waals surface area contributed by atoms with Gasteiger partial charge in [0.25, 0.3) is 0 Å². The molecule has 0 unspecified atom stereocenters. The van der Waals surface area contributed by atoms with Crippen LogP contribution in [0, 0.1) is 29.1 Å². The van der Waals surface area contributed by atoms with Crippen molar-refractivity contribution < 1.29 is 0 Å². The van der Waals surface area contributed by atoms with Crippen molar-refractivity contribution in [2.75, 3.05) is 13.1 Å². The van der Waals surface area contributed by atoms with Crippen LogP contribution in [0.4, 0.5) is 0 Å². The van der Waals surface area contributed by atoms with E-state index in [0.717, 1.165) is 32.4 Å². The molecular weight excluding hydrogens is 160 g/mol. The molecule has 72 valence electrons. The summed E-state index contributed by atoms with van der Waals surface area (Å²) in [4.78, 5) is 0. The molecule has 0 radical (unpaired) electrons. The smallest absolute Gasteiger partial charge is 0.0683 e. The predicted molar refractivity (Wildman–Crippen MR) is 54.9 cm³/mol. The van der Waals surface area contributed by atoms with Gasteiger partial charge in [0.1, 0.15) is 0 Å². The van der Waals surface area contributed by atoms with Gasteiger partial charge in [-0.2, -0.15) is 5.26 Å². The first-order valence-electron chi connectivity index (χ1n) is 4.68. The monoisotopic (exact) mass is 178 g/mol. The van der Waals surface area contributed by atoms with Gasteiger partial charge in [-0.15, -0.1) is 12.3 Å². The summed E-state index contributed by atoms with van der Waals surface area (Å²) < 4.78 is 0. The first kappa shape index (κ1) is 12.0. The highest BCUT2D eigenvalue weighted by atomic mass is 14.8. The Labute approximate surface area is 81.3 Å². The van der Waals surface area contributed by atoms with Crippen molar-refractivity contribution in [1.29, 1.82) is 5.26 Å². The molecule has 0 saturated carbocycles. The van der Waals surface area contributed by atoms with Crippen LogP contribution in [0.1, 0.15) is 33.1 Å². The highest BCUT2D eigenvalue weighted by Gasteiger charge is 2.14. The van der Waals surface area contributed by atoms with Gasteiger partial charge in [0.2, 0.25) is 0 Å². The van der Waals surface area contributed by atoms with Gasteiger partial charge in [0.05, 0.1) is 11.5 Å². The molecule has 0 bridgehead atoms. The predicted octanol–water partition coefficient (Wildman–Crippen LogP) is 1.93. The molecule has 1 N–H and O–H groups in total. The first-order chi connectivity index (χ1) is 6.12. The second-order valence-electron chi connectivity index (χ2n) is 3.80. The van der Waals surface area contributed by atoms with Gasteiger partial charge in [0, 0.05) is 13.0 Å². The lowest BCUT2D eigenvalue weighted by atomic mass is 9.90. The van der Waals surface area contributed by atoms with Gasteiger partial charge < -0.3 is 5.32 Å². The van der Waals surface area contributed by atoms with Gasteiger partial charge in [0.15, 0.2) is 0 Å². The van der Waals surface area contributed by atoms with Crippen LogP contribution in [-0.2, 0) is 0 Å². The highest BCUT2D eigenvalue weighted by molar-refractivity contribution is 4.91. The fourth-order valence-corrected chi connectivity index (χ4v) is 0.997. The molecule has 0 aromatic heterocycles. The Kier molecular flexibility index (Phi) is 6.02. The van der Waals surface area contributed by atoms with Gasteiger partial charge in [-0.25, -0.2) is 0 Å². The molecule has 0 aliphatic heterocycles. The molecule has 0 amide bonds. The summed E-state index contributed by atoms with van der Waals surface area (Å²) in [5.41, 5.74) is -0.187. The Hall–Kier alpha value is -0.990. The topological polar surface area (TPSA) is 35.8 Å². The average molecular weight is 178 g/mol. The number of terminal acetylenes is 1. The summed E-state index contributed by atoms with van der Waals surface area (Å²) >= 11 is 0. The van der Waals surface area contributed by atoms with Gasteiger partial charge in [-0.1, -0.05) is 0 Å². The molecule has 0 aliphatic rings. The van der Waals surface area contributed by atoms with E-state index in [2.05, 4.69) is 17.3 Å². The second kappa shape index (κ2) is 6.52. The summed E-state index contributed by atoms with van der Waals surface area (Å²) in [6, 6.07) is 2.28. The molecule has 0 saturated heterocycles. The van der Waals surface area contributed by atoms with E-state index in [1.807, 2.05) is 13.8 Å². The normalized spacial score (nSPS) is 10.5. The van der Waals surface area contributed by atoms with Crippen molar-refractivity contribution in [1.82, 2.24) is 5.32 Å². The molecule has 0 aromatic carbocycles. The standard InChI is InChI=1S/C11H18N2/c1-4-5-8-13-9-6-7-11(2,3)10-12/h1,13H,5-9H2,2-3H3. The SMILES string of the molecule is C#CCCNCCCC(C)(C)C#N. The molecule has 13 heavy (non-hydrogen) atoms. The van der Waals surface area contributed by atoms with E-state index < -0.39 is 0 Å². The maximum absolute atomic E-state index is 8.74. The van der Waals surface area contributed by atoms with E-state index in [0.29, 0.717) is 0 Å². The fraction of sp³-hybridized carbons (Fsp3) is 0.727. The van der Waals surface area contributed by atoms with Gasteiger partial charge >= 0.3 is 0 Å². The lowest BCUT2D eigenvalue weighted by Gasteiger charge is -2.14. The van der Waals surface area contributed by atoms with E-state index >= 15 is 0 Å².